The van der Waals surface area contributed by atoms with Gasteiger partial charge in [-0.2, -0.15) is 0 Å². The number of carbonyl (C=O) groups excluding carboxylic acids is 2. The maximum Gasteiger partial charge on any atom is 0.306 e. The van der Waals surface area contributed by atoms with Gasteiger partial charge in [-0.15, -0.1) is 11.8 Å². The molecule has 0 radical (unpaired) electrons. The van der Waals surface area contributed by atoms with E-state index in [1.165, 1.54) is 82.2 Å². The number of hydrogen-bond donors (Lipinski definition) is 0. The molecule has 0 bridgehead atoms. The van der Waals surface area contributed by atoms with Gasteiger partial charge in [0.25, 0.3) is 0 Å². The molecule has 1 aromatic rings. The smallest absolute Gasteiger partial charge is 0.306 e. The maximum atomic E-state index is 12.0. The van der Waals surface area contributed by atoms with Crippen molar-refractivity contribution in [3.63, 3.8) is 0 Å². The first kappa shape index (κ1) is 26.0. The molecule has 0 N–H and O–H groups in total. The Morgan fingerprint density at radius 1 is 0.966 bits per heavy atom. The van der Waals surface area contributed by atoms with Gasteiger partial charge in [-0.3, -0.25) is 9.59 Å². The van der Waals surface area contributed by atoms with Gasteiger partial charge < -0.3 is 4.74 Å². The fraction of sp³-hybridized carbons (Fsp3) is 0.667. The molecule has 0 heterocycles. The number of halogens is 1. The number of methoxy groups -OCH3 is 1. The molecule has 0 saturated carbocycles. The van der Waals surface area contributed by atoms with Crippen molar-refractivity contribution in [1.29, 1.82) is 0 Å². The summed E-state index contributed by atoms with van der Waals surface area (Å²) in [6.07, 6.45) is 14.3. The fourth-order valence-corrected chi connectivity index (χ4v) is 4.83. The van der Waals surface area contributed by atoms with Gasteiger partial charge in [-0.1, -0.05) is 89.0 Å². The Balaban J connectivity index is 2.41. The molecule has 29 heavy (non-hydrogen) atoms. The third kappa shape index (κ3) is 11.7. The zero-order valence-electron chi connectivity index (χ0n) is 18.1. The third-order valence-corrected chi connectivity index (χ3v) is 6.75. The molecule has 0 amide bonds. The lowest BCUT2D eigenvalue weighted by atomic mass is 9.98. The maximum absolute atomic E-state index is 12.0. The minimum Gasteiger partial charge on any atom is -0.469 e. The van der Waals surface area contributed by atoms with E-state index in [2.05, 4.69) is 17.7 Å². The van der Waals surface area contributed by atoms with Crippen LogP contribution in [0, 0.1) is 0 Å². The zero-order valence-corrected chi connectivity index (χ0v) is 19.7. The number of thioether (sulfide) groups is 1. The average Bonchev–Trinajstić information content (AvgIpc) is 2.72. The van der Waals surface area contributed by atoms with Crippen molar-refractivity contribution in [2.75, 3.05) is 12.9 Å². The highest BCUT2D eigenvalue weighted by molar-refractivity contribution is 8.00. The van der Waals surface area contributed by atoms with Crippen LogP contribution in [0.5, 0.6) is 0 Å². The largest absolute Gasteiger partial charge is 0.469 e. The molecule has 0 aromatic heterocycles. The van der Waals surface area contributed by atoms with Gasteiger partial charge in [0, 0.05) is 5.75 Å². The molecule has 1 unspecified atom stereocenters. The van der Waals surface area contributed by atoms with E-state index in [0.29, 0.717) is 5.75 Å². The number of carbonyl (C=O) groups is 2. The summed E-state index contributed by atoms with van der Waals surface area (Å²) in [6.45, 7) is 2.25. The van der Waals surface area contributed by atoms with E-state index < -0.39 is 5.25 Å². The minimum atomic E-state index is -0.430. The number of esters is 1. The lowest BCUT2D eigenvalue weighted by molar-refractivity contribution is -0.140. The Kier molecular flexibility index (Phi) is 15.0. The number of aryl methyl sites for hydroxylation is 1. The predicted octanol–water partition coefficient (Wildman–Crippen LogP) is 7.25. The summed E-state index contributed by atoms with van der Waals surface area (Å²) >= 11 is 7.30. The van der Waals surface area contributed by atoms with Crippen molar-refractivity contribution in [3.8, 4) is 0 Å². The first-order valence-electron chi connectivity index (χ1n) is 11.1. The van der Waals surface area contributed by atoms with Crippen LogP contribution in [0.3, 0.4) is 0 Å². The van der Waals surface area contributed by atoms with Crippen molar-refractivity contribution < 1.29 is 14.3 Å². The second-order valence-corrected chi connectivity index (χ2v) is 9.10. The molecule has 164 valence electrons. The number of benzene rings is 1. The van der Waals surface area contributed by atoms with Gasteiger partial charge in [0.15, 0.2) is 0 Å². The highest BCUT2D eigenvalue weighted by Gasteiger charge is 2.22. The van der Waals surface area contributed by atoms with Gasteiger partial charge in [-0.25, -0.2) is 0 Å². The molecule has 3 nitrogen and oxygen atoms in total. The van der Waals surface area contributed by atoms with E-state index in [4.69, 9.17) is 11.6 Å². The number of rotatable bonds is 17. The second kappa shape index (κ2) is 16.8. The third-order valence-electron chi connectivity index (χ3n) is 5.16. The van der Waals surface area contributed by atoms with Crippen LogP contribution in [-0.4, -0.2) is 24.1 Å². The van der Waals surface area contributed by atoms with Gasteiger partial charge in [0.05, 0.1) is 13.5 Å². The van der Waals surface area contributed by atoms with E-state index in [1.54, 1.807) is 0 Å². The Morgan fingerprint density at radius 3 is 2.14 bits per heavy atom. The Hall–Kier alpha value is -1.000. The summed E-state index contributed by atoms with van der Waals surface area (Å²) in [5.74, 6) is 0.250. The van der Waals surface area contributed by atoms with Crippen LogP contribution in [0.1, 0.15) is 93.9 Å². The van der Waals surface area contributed by atoms with E-state index in [1.807, 2.05) is 18.2 Å². The lowest BCUT2D eigenvalue weighted by Gasteiger charge is -2.17. The molecule has 0 aliphatic rings. The standard InChI is InChI=1S/C24H37ClO3S/c1-3-4-5-6-7-8-9-10-11-12-15-20-16-13-14-17-21(20)23(24(25)27)29-19-18-22(26)28-2/h13-14,16-17,23H,3-12,15,18-19H2,1-2H3. The molecule has 0 aliphatic heterocycles. The highest BCUT2D eigenvalue weighted by atomic mass is 35.5. The minimum absolute atomic E-state index is 0.267. The first-order chi connectivity index (χ1) is 14.1. The van der Waals surface area contributed by atoms with Crippen LogP contribution in [-0.2, 0) is 20.7 Å². The zero-order chi connectivity index (χ0) is 21.3. The lowest BCUT2D eigenvalue weighted by Crippen LogP contribution is -2.09. The van der Waals surface area contributed by atoms with Crippen LogP contribution >= 0.6 is 23.4 Å². The monoisotopic (exact) mass is 440 g/mol. The van der Waals surface area contributed by atoms with Gasteiger partial charge >= 0.3 is 5.97 Å². The van der Waals surface area contributed by atoms with Crippen LogP contribution in [0.15, 0.2) is 24.3 Å². The molecular formula is C24H37ClO3S. The Morgan fingerprint density at radius 2 is 1.55 bits per heavy atom. The van der Waals surface area contributed by atoms with Crippen molar-refractivity contribution in [2.24, 2.45) is 0 Å². The normalized spacial score (nSPS) is 12.0. The molecule has 1 atom stereocenters. The van der Waals surface area contributed by atoms with Gasteiger partial charge in [-0.05, 0) is 35.6 Å². The highest BCUT2D eigenvalue weighted by Crippen LogP contribution is 2.34. The summed E-state index contributed by atoms with van der Waals surface area (Å²) < 4.78 is 4.67. The van der Waals surface area contributed by atoms with Crippen molar-refractivity contribution in [1.82, 2.24) is 0 Å². The summed E-state index contributed by atoms with van der Waals surface area (Å²) in [5, 5.41) is -0.809. The molecule has 0 fully saturated rings. The molecule has 0 saturated heterocycles. The SMILES string of the molecule is CCCCCCCCCCCCc1ccccc1C(SCCC(=O)OC)C(=O)Cl. The molecule has 1 rings (SSSR count). The van der Waals surface area contributed by atoms with Crippen LogP contribution < -0.4 is 0 Å². The summed E-state index contributed by atoms with van der Waals surface area (Å²) in [5.41, 5.74) is 2.18. The molecule has 5 heteroatoms. The molecule has 0 spiro atoms. The summed E-state index contributed by atoms with van der Waals surface area (Å²) in [4.78, 5) is 23.3. The quantitative estimate of drug-likeness (QED) is 0.145. The van der Waals surface area contributed by atoms with Gasteiger partial charge in [0.2, 0.25) is 5.24 Å². The molecular weight excluding hydrogens is 404 g/mol. The predicted molar refractivity (Wildman–Crippen MR) is 125 cm³/mol. The second-order valence-electron chi connectivity index (χ2n) is 7.51. The number of hydrogen-bond acceptors (Lipinski definition) is 4. The number of ether oxygens (including phenoxy) is 1. The van der Waals surface area contributed by atoms with Gasteiger partial charge in [0.1, 0.15) is 5.25 Å². The Labute approximate surface area is 186 Å². The number of unbranched alkanes of at least 4 members (excludes halogenated alkanes) is 9. The van der Waals surface area contributed by atoms with Crippen molar-refractivity contribution >= 4 is 34.6 Å². The van der Waals surface area contributed by atoms with Crippen LogP contribution in [0.2, 0.25) is 0 Å². The topological polar surface area (TPSA) is 43.4 Å². The van der Waals surface area contributed by atoms with Crippen molar-refractivity contribution in [3.05, 3.63) is 35.4 Å². The first-order valence-corrected chi connectivity index (χ1v) is 12.5. The fourth-order valence-electron chi connectivity index (χ4n) is 3.46. The van der Waals surface area contributed by atoms with Crippen LogP contribution in [0.4, 0.5) is 0 Å². The van der Waals surface area contributed by atoms with E-state index >= 15 is 0 Å². The molecule has 1 aromatic carbocycles. The van der Waals surface area contributed by atoms with E-state index in [9.17, 15) is 9.59 Å². The van der Waals surface area contributed by atoms with E-state index in [0.717, 1.165) is 18.4 Å². The summed E-state index contributed by atoms with van der Waals surface area (Å²) in [7, 11) is 1.37. The van der Waals surface area contributed by atoms with Crippen LogP contribution in [0.25, 0.3) is 0 Å². The van der Waals surface area contributed by atoms with E-state index in [-0.39, 0.29) is 17.6 Å². The molecule has 0 aliphatic carbocycles. The average molecular weight is 441 g/mol. The Bertz CT molecular complexity index is 591. The van der Waals surface area contributed by atoms with Crippen molar-refractivity contribution in [2.45, 2.75) is 89.2 Å². The summed E-state index contributed by atoms with van der Waals surface area (Å²) in [6, 6.07) is 8.05.